The molecule has 0 aliphatic heterocycles. The molecule has 2 N–H and O–H groups in total. The number of benzene rings is 2. The first kappa shape index (κ1) is 17.1. The molecule has 0 atom stereocenters. The van der Waals surface area contributed by atoms with Crippen molar-refractivity contribution in [1.29, 1.82) is 5.26 Å². The molecule has 0 aliphatic rings. The van der Waals surface area contributed by atoms with Crippen LogP contribution in [0.5, 0.6) is 0 Å². The van der Waals surface area contributed by atoms with Gasteiger partial charge in [0, 0.05) is 11.4 Å². The van der Waals surface area contributed by atoms with E-state index in [1.807, 2.05) is 30.3 Å². The van der Waals surface area contributed by atoms with Gasteiger partial charge in [0.25, 0.3) is 0 Å². The Morgan fingerprint density at radius 2 is 1.81 bits per heavy atom. The minimum Gasteiger partial charge on any atom is -0.382 e. The number of nitriles is 1. The summed E-state index contributed by atoms with van der Waals surface area (Å²) in [4.78, 5) is 14.1. The molecule has 2 heterocycles. The van der Waals surface area contributed by atoms with E-state index >= 15 is 0 Å². The van der Waals surface area contributed by atoms with Crippen molar-refractivity contribution in [2.45, 2.75) is 23.0 Å². The standard InChI is InChI=1S/C20H16N6S/c21-12-15-6-8-16(9-7-15)27-20-25-17-18(22)23-13-24-19(17)26(20)11-10-14-4-2-1-3-5-14/h1-9,13H,10-11H2,(H2,22,23,24). The number of fused-ring (bicyclic) bond motifs is 1. The van der Waals surface area contributed by atoms with Gasteiger partial charge >= 0.3 is 0 Å². The van der Waals surface area contributed by atoms with Crippen LogP contribution in [0.15, 0.2) is 71.0 Å². The first-order valence-corrected chi connectivity index (χ1v) is 9.25. The molecule has 0 aliphatic carbocycles. The van der Waals surface area contributed by atoms with Gasteiger partial charge in [-0.15, -0.1) is 0 Å². The summed E-state index contributed by atoms with van der Waals surface area (Å²) in [7, 11) is 0. The first-order chi connectivity index (χ1) is 13.2. The second-order valence-electron chi connectivity index (χ2n) is 5.95. The molecule has 132 valence electrons. The Balaban J connectivity index is 1.69. The lowest BCUT2D eigenvalue weighted by molar-refractivity contribution is 0.647. The summed E-state index contributed by atoms with van der Waals surface area (Å²) in [6.07, 6.45) is 2.33. The normalized spacial score (nSPS) is 10.8. The minimum absolute atomic E-state index is 0.375. The third kappa shape index (κ3) is 3.61. The molecule has 0 saturated carbocycles. The number of imidazole rings is 1. The van der Waals surface area contributed by atoms with E-state index in [1.54, 1.807) is 12.1 Å². The zero-order valence-electron chi connectivity index (χ0n) is 14.4. The number of nitrogen functional groups attached to an aromatic ring is 1. The second kappa shape index (κ2) is 7.48. The van der Waals surface area contributed by atoms with Crippen LogP contribution < -0.4 is 5.73 Å². The van der Waals surface area contributed by atoms with Crippen LogP contribution in [-0.2, 0) is 13.0 Å². The molecule has 0 amide bonds. The van der Waals surface area contributed by atoms with E-state index in [0.29, 0.717) is 16.9 Å². The van der Waals surface area contributed by atoms with Gasteiger partial charge in [0.2, 0.25) is 0 Å². The van der Waals surface area contributed by atoms with Gasteiger partial charge in [-0.25, -0.2) is 15.0 Å². The number of aromatic nitrogens is 4. The molecule has 27 heavy (non-hydrogen) atoms. The van der Waals surface area contributed by atoms with Crippen molar-refractivity contribution in [3.63, 3.8) is 0 Å². The van der Waals surface area contributed by atoms with Crippen LogP contribution in [0.2, 0.25) is 0 Å². The molecule has 0 fully saturated rings. The fraction of sp³-hybridized carbons (Fsp3) is 0.100. The molecule has 4 aromatic rings. The fourth-order valence-electron chi connectivity index (χ4n) is 2.80. The lowest BCUT2D eigenvalue weighted by atomic mass is 10.1. The molecule has 0 spiro atoms. The van der Waals surface area contributed by atoms with E-state index in [4.69, 9.17) is 11.0 Å². The van der Waals surface area contributed by atoms with Gasteiger partial charge in [0.15, 0.2) is 22.1 Å². The van der Waals surface area contributed by atoms with E-state index in [9.17, 15) is 0 Å². The van der Waals surface area contributed by atoms with Gasteiger partial charge < -0.3 is 10.3 Å². The van der Waals surface area contributed by atoms with E-state index < -0.39 is 0 Å². The lowest BCUT2D eigenvalue weighted by Gasteiger charge is -2.08. The smallest absolute Gasteiger partial charge is 0.175 e. The summed E-state index contributed by atoms with van der Waals surface area (Å²) in [5.74, 6) is 0.375. The zero-order valence-corrected chi connectivity index (χ0v) is 15.2. The Morgan fingerprint density at radius 1 is 1.04 bits per heavy atom. The number of hydrogen-bond acceptors (Lipinski definition) is 6. The Labute approximate surface area is 160 Å². The predicted molar refractivity (Wildman–Crippen MR) is 105 cm³/mol. The molecular weight excluding hydrogens is 356 g/mol. The van der Waals surface area contributed by atoms with Crippen LogP contribution in [-0.4, -0.2) is 19.5 Å². The van der Waals surface area contributed by atoms with Crippen molar-refractivity contribution in [2.75, 3.05) is 5.73 Å². The van der Waals surface area contributed by atoms with Gasteiger partial charge in [0.1, 0.15) is 6.33 Å². The maximum atomic E-state index is 8.96. The molecule has 2 aromatic carbocycles. The molecule has 7 heteroatoms. The number of nitrogens with two attached hydrogens (primary N) is 1. The summed E-state index contributed by atoms with van der Waals surface area (Å²) >= 11 is 1.52. The Morgan fingerprint density at radius 3 is 2.56 bits per heavy atom. The molecule has 0 radical (unpaired) electrons. The highest BCUT2D eigenvalue weighted by atomic mass is 32.2. The fourth-order valence-corrected chi connectivity index (χ4v) is 3.71. The van der Waals surface area contributed by atoms with E-state index in [1.165, 1.54) is 23.7 Å². The average Bonchev–Trinajstić information content (AvgIpc) is 3.06. The average molecular weight is 372 g/mol. The maximum absolute atomic E-state index is 8.96. The summed E-state index contributed by atoms with van der Waals surface area (Å²) in [6, 6.07) is 19.9. The minimum atomic E-state index is 0.375. The maximum Gasteiger partial charge on any atom is 0.175 e. The largest absolute Gasteiger partial charge is 0.382 e. The molecule has 6 nitrogen and oxygen atoms in total. The van der Waals surface area contributed by atoms with Crippen LogP contribution in [0, 0.1) is 11.3 Å². The third-order valence-electron chi connectivity index (χ3n) is 4.18. The van der Waals surface area contributed by atoms with Crippen molar-refractivity contribution in [1.82, 2.24) is 19.5 Å². The van der Waals surface area contributed by atoms with Gasteiger partial charge in [-0.3, -0.25) is 0 Å². The Kier molecular flexibility index (Phi) is 4.73. The van der Waals surface area contributed by atoms with E-state index in [2.05, 4.69) is 37.7 Å². The van der Waals surface area contributed by atoms with Crippen LogP contribution >= 0.6 is 11.8 Å². The van der Waals surface area contributed by atoms with Gasteiger partial charge in [0.05, 0.1) is 11.6 Å². The lowest BCUT2D eigenvalue weighted by Crippen LogP contribution is -2.04. The number of anilines is 1. The highest BCUT2D eigenvalue weighted by Crippen LogP contribution is 2.31. The molecule has 2 aromatic heterocycles. The summed E-state index contributed by atoms with van der Waals surface area (Å²) in [6.45, 7) is 0.732. The Bertz CT molecular complexity index is 1110. The van der Waals surface area contributed by atoms with Crippen molar-refractivity contribution in [2.24, 2.45) is 0 Å². The first-order valence-electron chi connectivity index (χ1n) is 8.43. The monoisotopic (exact) mass is 372 g/mol. The highest BCUT2D eigenvalue weighted by Gasteiger charge is 2.16. The zero-order chi connectivity index (χ0) is 18.6. The predicted octanol–water partition coefficient (Wildman–Crippen LogP) is 3.67. The molecule has 4 rings (SSSR count). The van der Waals surface area contributed by atoms with Crippen LogP contribution in [0.1, 0.15) is 11.1 Å². The summed E-state index contributed by atoms with van der Waals surface area (Å²) < 4.78 is 2.07. The van der Waals surface area contributed by atoms with Crippen molar-refractivity contribution >= 4 is 28.7 Å². The topological polar surface area (TPSA) is 93.4 Å². The molecule has 0 saturated heterocycles. The van der Waals surface area contributed by atoms with Crippen molar-refractivity contribution in [3.05, 3.63) is 72.1 Å². The van der Waals surface area contributed by atoms with Crippen LogP contribution in [0.4, 0.5) is 5.82 Å². The second-order valence-corrected chi connectivity index (χ2v) is 6.99. The third-order valence-corrected chi connectivity index (χ3v) is 5.19. The van der Waals surface area contributed by atoms with Gasteiger partial charge in [-0.2, -0.15) is 5.26 Å². The SMILES string of the molecule is N#Cc1ccc(Sc2nc3c(N)ncnc3n2CCc2ccccc2)cc1. The van der Waals surface area contributed by atoms with Crippen molar-refractivity contribution in [3.8, 4) is 6.07 Å². The van der Waals surface area contributed by atoms with Crippen LogP contribution in [0.25, 0.3) is 11.2 Å². The molecular formula is C20H16N6S. The highest BCUT2D eigenvalue weighted by molar-refractivity contribution is 7.99. The number of rotatable bonds is 5. The van der Waals surface area contributed by atoms with Gasteiger partial charge in [-0.05, 0) is 36.2 Å². The van der Waals surface area contributed by atoms with Gasteiger partial charge in [-0.1, -0.05) is 42.1 Å². The summed E-state index contributed by atoms with van der Waals surface area (Å²) in [5.41, 5.74) is 9.23. The molecule has 0 unspecified atom stereocenters. The number of aryl methyl sites for hydroxylation is 2. The molecule has 0 bridgehead atoms. The van der Waals surface area contributed by atoms with E-state index in [-0.39, 0.29) is 0 Å². The number of nitrogens with zero attached hydrogens (tertiary/aromatic N) is 5. The van der Waals surface area contributed by atoms with E-state index in [0.717, 1.165) is 28.7 Å². The summed E-state index contributed by atoms with van der Waals surface area (Å²) in [5, 5.41) is 9.77. The Hall–Kier alpha value is -3.37. The van der Waals surface area contributed by atoms with Crippen LogP contribution in [0.3, 0.4) is 0 Å². The number of hydrogen-bond donors (Lipinski definition) is 1. The quantitative estimate of drug-likeness (QED) is 0.574. The van der Waals surface area contributed by atoms with Crippen molar-refractivity contribution < 1.29 is 0 Å².